The third-order valence-corrected chi connectivity index (χ3v) is 2.66. The number of hydrogen-bond donors (Lipinski definition) is 1. The lowest BCUT2D eigenvalue weighted by molar-refractivity contribution is 0.200. The molecular weight excluding hydrogens is 216 g/mol. The van der Waals surface area contributed by atoms with E-state index >= 15 is 0 Å². The molecule has 1 aromatic heterocycles. The average molecular weight is 232 g/mol. The number of nitrogens with zero attached hydrogens (tertiary/aromatic N) is 2. The first kappa shape index (κ1) is 11.7. The van der Waals surface area contributed by atoms with Crippen LogP contribution in [0.25, 0.3) is 0 Å². The molecule has 0 bridgehead atoms. The fourth-order valence-electron chi connectivity index (χ4n) is 1.72. The Balaban J connectivity index is 2.17. The van der Waals surface area contributed by atoms with Crippen LogP contribution in [-0.2, 0) is 6.54 Å². The Morgan fingerprint density at radius 3 is 3.00 bits per heavy atom. The Hall–Kier alpha value is -1.81. The predicted molar refractivity (Wildman–Crippen MR) is 65.1 cm³/mol. The van der Waals surface area contributed by atoms with Crippen molar-refractivity contribution in [1.29, 1.82) is 0 Å². The van der Waals surface area contributed by atoms with Crippen LogP contribution in [-0.4, -0.2) is 27.9 Å². The summed E-state index contributed by atoms with van der Waals surface area (Å²) in [6, 6.07) is 5.95. The minimum atomic E-state index is 0.0329. The van der Waals surface area contributed by atoms with Crippen molar-refractivity contribution in [3.63, 3.8) is 0 Å². The molecule has 0 radical (unpaired) electrons. The number of aliphatic hydroxyl groups is 1. The molecule has 0 fully saturated rings. The molecule has 0 saturated heterocycles. The van der Waals surface area contributed by atoms with Crippen LogP contribution in [0.15, 0.2) is 36.9 Å². The van der Waals surface area contributed by atoms with Crippen LogP contribution < -0.4 is 4.74 Å². The highest BCUT2D eigenvalue weighted by atomic mass is 16.5. The molecule has 17 heavy (non-hydrogen) atoms. The zero-order chi connectivity index (χ0) is 12.1. The summed E-state index contributed by atoms with van der Waals surface area (Å²) in [6.45, 7) is 3.17. The third kappa shape index (κ3) is 2.85. The number of benzene rings is 1. The van der Waals surface area contributed by atoms with Gasteiger partial charge in [0.2, 0.25) is 0 Å². The number of ether oxygens (including phenoxy) is 1. The number of hydrogen-bond acceptors (Lipinski definition) is 3. The average Bonchev–Trinajstić information content (AvgIpc) is 2.83. The van der Waals surface area contributed by atoms with Gasteiger partial charge in [-0.25, -0.2) is 4.98 Å². The molecule has 2 rings (SSSR count). The number of imidazole rings is 1. The fourth-order valence-corrected chi connectivity index (χ4v) is 1.72. The van der Waals surface area contributed by atoms with Gasteiger partial charge in [-0.2, -0.15) is 0 Å². The standard InChI is InChI=1S/C13H16N2O2/c1-11-12(9-15-6-5-14-10-15)3-2-4-13(11)17-8-7-16/h2-6,10,16H,7-9H2,1H3. The first-order valence-corrected chi connectivity index (χ1v) is 5.59. The molecular formula is C13H16N2O2. The second-order valence-corrected chi connectivity index (χ2v) is 3.85. The van der Waals surface area contributed by atoms with Crippen molar-refractivity contribution in [2.24, 2.45) is 0 Å². The van der Waals surface area contributed by atoms with Gasteiger partial charge in [0.05, 0.1) is 12.9 Å². The van der Waals surface area contributed by atoms with Crippen LogP contribution in [0, 0.1) is 6.92 Å². The number of aliphatic hydroxyl groups excluding tert-OH is 1. The molecule has 1 heterocycles. The molecule has 0 saturated carbocycles. The molecule has 0 aliphatic rings. The van der Waals surface area contributed by atoms with Gasteiger partial charge < -0.3 is 14.4 Å². The number of rotatable bonds is 5. The predicted octanol–water partition coefficient (Wildman–Crippen LogP) is 1.61. The van der Waals surface area contributed by atoms with Gasteiger partial charge in [-0.05, 0) is 24.1 Å². The van der Waals surface area contributed by atoms with Gasteiger partial charge in [0.1, 0.15) is 12.4 Å². The van der Waals surface area contributed by atoms with Crippen molar-refractivity contribution >= 4 is 0 Å². The van der Waals surface area contributed by atoms with E-state index in [9.17, 15) is 0 Å². The van der Waals surface area contributed by atoms with Crippen LogP contribution in [0.4, 0.5) is 0 Å². The molecule has 1 aromatic carbocycles. The summed E-state index contributed by atoms with van der Waals surface area (Å²) in [7, 11) is 0. The zero-order valence-electron chi connectivity index (χ0n) is 9.84. The molecule has 90 valence electrons. The molecule has 4 nitrogen and oxygen atoms in total. The topological polar surface area (TPSA) is 47.3 Å². The van der Waals surface area contributed by atoms with Crippen LogP contribution in [0.5, 0.6) is 5.75 Å². The van der Waals surface area contributed by atoms with Gasteiger partial charge in [-0.1, -0.05) is 12.1 Å². The monoisotopic (exact) mass is 232 g/mol. The van der Waals surface area contributed by atoms with Crippen molar-refractivity contribution in [2.45, 2.75) is 13.5 Å². The lowest BCUT2D eigenvalue weighted by atomic mass is 10.1. The Morgan fingerprint density at radius 1 is 1.41 bits per heavy atom. The van der Waals surface area contributed by atoms with Gasteiger partial charge in [0.15, 0.2) is 0 Å². The number of aromatic nitrogens is 2. The summed E-state index contributed by atoms with van der Waals surface area (Å²) in [4.78, 5) is 4.02. The van der Waals surface area contributed by atoms with Gasteiger partial charge in [0.25, 0.3) is 0 Å². The van der Waals surface area contributed by atoms with E-state index in [0.717, 1.165) is 17.9 Å². The molecule has 0 aliphatic carbocycles. The highest BCUT2D eigenvalue weighted by Crippen LogP contribution is 2.22. The van der Waals surface area contributed by atoms with Crippen molar-refractivity contribution in [1.82, 2.24) is 9.55 Å². The Kier molecular flexibility index (Phi) is 3.77. The Labute approximate surface area is 100 Å². The van der Waals surface area contributed by atoms with E-state index in [2.05, 4.69) is 11.1 Å². The summed E-state index contributed by atoms with van der Waals surface area (Å²) >= 11 is 0. The smallest absolute Gasteiger partial charge is 0.122 e. The van der Waals surface area contributed by atoms with Gasteiger partial charge in [-0.3, -0.25) is 0 Å². The maximum Gasteiger partial charge on any atom is 0.122 e. The first-order valence-electron chi connectivity index (χ1n) is 5.59. The SMILES string of the molecule is Cc1c(Cn2ccnc2)cccc1OCCO. The largest absolute Gasteiger partial charge is 0.491 e. The molecule has 0 atom stereocenters. The molecule has 0 spiro atoms. The molecule has 1 N–H and O–H groups in total. The van der Waals surface area contributed by atoms with Crippen molar-refractivity contribution in [3.8, 4) is 5.75 Å². The Bertz CT molecular complexity index is 466. The van der Waals surface area contributed by atoms with E-state index in [4.69, 9.17) is 9.84 Å². The second-order valence-electron chi connectivity index (χ2n) is 3.85. The van der Waals surface area contributed by atoms with E-state index in [1.807, 2.05) is 29.8 Å². The summed E-state index contributed by atoms with van der Waals surface area (Å²) in [5.74, 6) is 0.830. The third-order valence-electron chi connectivity index (χ3n) is 2.66. The minimum absolute atomic E-state index is 0.0329. The van der Waals surface area contributed by atoms with Gasteiger partial charge in [-0.15, -0.1) is 0 Å². The summed E-state index contributed by atoms with van der Waals surface area (Å²) in [5.41, 5.74) is 2.30. The summed E-state index contributed by atoms with van der Waals surface area (Å²) < 4.78 is 7.48. The molecule has 4 heteroatoms. The van der Waals surface area contributed by atoms with Crippen molar-refractivity contribution < 1.29 is 9.84 Å². The van der Waals surface area contributed by atoms with Crippen molar-refractivity contribution in [3.05, 3.63) is 48.0 Å². The fraction of sp³-hybridized carbons (Fsp3) is 0.308. The summed E-state index contributed by atoms with van der Waals surface area (Å²) in [6.07, 6.45) is 5.49. The van der Waals surface area contributed by atoms with Crippen molar-refractivity contribution in [2.75, 3.05) is 13.2 Å². The lowest BCUT2D eigenvalue weighted by Gasteiger charge is -2.12. The second kappa shape index (κ2) is 5.50. The van der Waals surface area contributed by atoms with E-state index in [-0.39, 0.29) is 6.61 Å². The molecule has 0 amide bonds. The van der Waals surface area contributed by atoms with E-state index in [0.29, 0.717) is 6.61 Å². The van der Waals surface area contributed by atoms with Crippen LogP contribution in [0.3, 0.4) is 0 Å². The normalized spacial score (nSPS) is 10.5. The van der Waals surface area contributed by atoms with Gasteiger partial charge in [0, 0.05) is 18.9 Å². The van der Waals surface area contributed by atoms with E-state index in [1.165, 1.54) is 5.56 Å². The zero-order valence-corrected chi connectivity index (χ0v) is 9.84. The Morgan fingerprint density at radius 2 is 2.29 bits per heavy atom. The van der Waals surface area contributed by atoms with Crippen LogP contribution >= 0.6 is 0 Å². The van der Waals surface area contributed by atoms with Crippen LogP contribution in [0.1, 0.15) is 11.1 Å². The first-order chi connectivity index (χ1) is 8.31. The van der Waals surface area contributed by atoms with Crippen LogP contribution in [0.2, 0.25) is 0 Å². The maximum atomic E-state index is 8.76. The molecule has 0 unspecified atom stereocenters. The van der Waals surface area contributed by atoms with E-state index < -0.39 is 0 Å². The maximum absolute atomic E-state index is 8.76. The quantitative estimate of drug-likeness (QED) is 0.852. The van der Waals surface area contributed by atoms with E-state index in [1.54, 1.807) is 12.5 Å². The summed E-state index contributed by atoms with van der Waals surface area (Å²) in [5, 5.41) is 8.76. The van der Waals surface area contributed by atoms with Gasteiger partial charge >= 0.3 is 0 Å². The highest BCUT2D eigenvalue weighted by molar-refractivity contribution is 5.39. The minimum Gasteiger partial charge on any atom is -0.491 e. The lowest BCUT2D eigenvalue weighted by Crippen LogP contribution is -2.05. The highest BCUT2D eigenvalue weighted by Gasteiger charge is 2.05. The molecule has 2 aromatic rings. The molecule has 0 aliphatic heterocycles.